The van der Waals surface area contributed by atoms with E-state index in [9.17, 15) is 27.6 Å². The van der Waals surface area contributed by atoms with Gasteiger partial charge in [-0.1, -0.05) is 0 Å². The molecule has 2 N–H and O–H groups in total. The van der Waals surface area contributed by atoms with Crippen molar-refractivity contribution in [1.82, 2.24) is 9.80 Å². The molecule has 1 rings (SSSR count). The fourth-order valence-corrected chi connectivity index (χ4v) is 2.18. The topological polar surface area (TPSA) is 159 Å². The molecule has 0 aromatic rings. The van der Waals surface area contributed by atoms with Crippen LogP contribution in [0.3, 0.4) is 0 Å². The molecule has 0 saturated heterocycles. The van der Waals surface area contributed by atoms with Gasteiger partial charge in [-0.25, -0.2) is 0 Å². The molecule has 0 saturated carbocycles. The number of carboxylic acid groups (broad SMARTS) is 1. The van der Waals surface area contributed by atoms with Crippen LogP contribution in [-0.2, 0) is 34.0 Å². The van der Waals surface area contributed by atoms with Crippen LogP contribution in [-0.4, -0.2) is 90.2 Å². The second-order valence-electron chi connectivity index (χ2n) is 5.02. The van der Waals surface area contributed by atoms with Gasteiger partial charge in [0.15, 0.2) is 0 Å². The van der Waals surface area contributed by atoms with E-state index in [4.69, 9.17) is 14.4 Å². The summed E-state index contributed by atoms with van der Waals surface area (Å²) in [6.07, 6.45) is 1.70. The highest BCUT2D eigenvalue weighted by atomic mass is 32.2. The Hall–Kier alpha value is -2.31. The van der Waals surface area contributed by atoms with Crippen molar-refractivity contribution in [2.75, 3.05) is 38.6 Å². The van der Waals surface area contributed by atoms with Gasteiger partial charge in [-0.15, -0.1) is 0 Å². The summed E-state index contributed by atoms with van der Waals surface area (Å²) in [5.74, 6) is -3.68. The fourth-order valence-electron chi connectivity index (χ4n) is 1.86. The van der Waals surface area contributed by atoms with E-state index in [-0.39, 0.29) is 32.7 Å². The molecule has 11 nitrogen and oxygen atoms in total. The second kappa shape index (κ2) is 9.25. The van der Waals surface area contributed by atoms with E-state index >= 15 is 0 Å². The van der Waals surface area contributed by atoms with E-state index in [1.165, 1.54) is 0 Å². The van der Waals surface area contributed by atoms with Gasteiger partial charge in [0.2, 0.25) is 5.91 Å². The molecule has 0 atom stereocenters. The number of amides is 3. The van der Waals surface area contributed by atoms with Crippen molar-refractivity contribution >= 4 is 33.8 Å². The van der Waals surface area contributed by atoms with Crippen LogP contribution < -0.4 is 0 Å². The number of ether oxygens (including phenoxy) is 1. The first kappa shape index (κ1) is 20.7. The predicted octanol–water partition coefficient (Wildman–Crippen LogP) is -1.88. The number of aliphatic carboxylic acids is 1. The standard InChI is InChI=1S/C13H18N2O9S/c16-10-1-2-11(17)15(10)9-12(18)14(4-3-13(19)20)5-6-24-7-8-25(21,22)23/h1-2H,3-9H2,(H,19,20)(H,21,22,23). The Morgan fingerprint density at radius 3 is 2.24 bits per heavy atom. The summed E-state index contributed by atoms with van der Waals surface area (Å²) in [5, 5.41) is 8.72. The van der Waals surface area contributed by atoms with Crippen molar-refractivity contribution in [1.29, 1.82) is 0 Å². The third-order valence-electron chi connectivity index (χ3n) is 3.13. The molecule has 0 aliphatic carbocycles. The van der Waals surface area contributed by atoms with E-state index in [2.05, 4.69) is 0 Å². The maximum atomic E-state index is 12.2. The second-order valence-corrected chi connectivity index (χ2v) is 6.59. The zero-order chi connectivity index (χ0) is 19.0. The first-order valence-electron chi connectivity index (χ1n) is 7.16. The first-order valence-corrected chi connectivity index (χ1v) is 8.77. The molecule has 0 spiro atoms. The molecule has 140 valence electrons. The summed E-state index contributed by atoms with van der Waals surface area (Å²) in [6, 6.07) is 0. The summed E-state index contributed by atoms with van der Waals surface area (Å²) in [7, 11) is -4.16. The molecule has 0 aromatic heterocycles. The summed E-state index contributed by atoms with van der Waals surface area (Å²) in [5.41, 5.74) is 0. The van der Waals surface area contributed by atoms with Gasteiger partial charge in [0.05, 0.1) is 25.4 Å². The number of nitrogens with zero attached hydrogens (tertiary/aromatic N) is 2. The van der Waals surface area contributed by atoms with Crippen LogP contribution in [0.2, 0.25) is 0 Å². The third kappa shape index (κ3) is 7.87. The van der Waals surface area contributed by atoms with E-state index in [1.807, 2.05) is 0 Å². The molecule has 1 heterocycles. The highest BCUT2D eigenvalue weighted by Crippen LogP contribution is 2.05. The third-order valence-corrected chi connectivity index (χ3v) is 3.82. The van der Waals surface area contributed by atoms with E-state index < -0.39 is 46.1 Å². The molecule has 3 amide bonds. The molecule has 1 aliphatic rings. The van der Waals surface area contributed by atoms with Crippen molar-refractivity contribution in [2.45, 2.75) is 6.42 Å². The minimum atomic E-state index is -4.16. The molecule has 0 fully saturated rings. The normalized spacial score (nSPS) is 14.2. The van der Waals surface area contributed by atoms with Gasteiger partial charge in [0.1, 0.15) is 6.54 Å². The number of imide groups is 1. The van der Waals surface area contributed by atoms with Crippen molar-refractivity contribution in [3.8, 4) is 0 Å². The predicted molar refractivity (Wildman–Crippen MR) is 81.9 cm³/mol. The molecule has 1 aliphatic heterocycles. The quantitative estimate of drug-likeness (QED) is 0.238. The lowest BCUT2D eigenvalue weighted by atomic mass is 10.3. The lowest BCUT2D eigenvalue weighted by Crippen LogP contribution is -2.44. The molecular weight excluding hydrogens is 360 g/mol. The fraction of sp³-hybridized carbons (Fsp3) is 0.538. The van der Waals surface area contributed by atoms with Gasteiger partial charge >= 0.3 is 5.97 Å². The molecule has 12 heteroatoms. The molecule has 25 heavy (non-hydrogen) atoms. The molecule has 0 radical (unpaired) electrons. The molecule has 0 unspecified atom stereocenters. The van der Waals surface area contributed by atoms with Crippen molar-refractivity contribution in [3.63, 3.8) is 0 Å². The lowest BCUT2D eigenvalue weighted by Gasteiger charge is -2.24. The first-order chi connectivity index (χ1) is 11.6. The Kier molecular flexibility index (Phi) is 7.67. The van der Waals surface area contributed by atoms with Crippen LogP contribution in [0.5, 0.6) is 0 Å². The number of carbonyl (C=O) groups is 4. The summed E-state index contributed by atoms with van der Waals surface area (Å²) in [6.45, 7) is -1.18. The molecule has 0 aromatic carbocycles. The Labute approximate surface area is 143 Å². The number of hydrogen-bond donors (Lipinski definition) is 2. The van der Waals surface area contributed by atoms with Gasteiger partial charge < -0.3 is 14.7 Å². The van der Waals surface area contributed by atoms with Gasteiger partial charge in [-0.3, -0.25) is 28.6 Å². The smallest absolute Gasteiger partial charge is 0.305 e. The maximum Gasteiger partial charge on any atom is 0.305 e. The van der Waals surface area contributed by atoms with Crippen molar-refractivity contribution < 1.29 is 42.0 Å². The Morgan fingerprint density at radius 1 is 1.12 bits per heavy atom. The van der Waals surface area contributed by atoms with Crippen LogP contribution in [0.15, 0.2) is 12.2 Å². The van der Waals surface area contributed by atoms with Crippen LogP contribution in [0.1, 0.15) is 6.42 Å². The Bertz CT molecular complexity index is 653. The maximum absolute atomic E-state index is 12.2. The average Bonchev–Trinajstić information content (AvgIpc) is 2.80. The van der Waals surface area contributed by atoms with E-state index in [1.54, 1.807) is 0 Å². The zero-order valence-electron chi connectivity index (χ0n) is 13.2. The van der Waals surface area contributed by atoms with Gasteiger partial charge in [-0.2, -0.15) is 8.42 Å². The summed E-state index contributed by atoms with van der Waals surface area (Å²) in [4.78, 5) is 47.6. The van der Waals surface area contributed by atoms with Crippen LogP contribution in [0.4, 0.5) is 0 Å². The van der Waals surface area contributed by atoms with Gasteiger partial charge in [-0.05, 0) is 0 Å². The number of carbonyl (C=O) groups excluding carboxylic acids is 3. The zero-order valence-corrected chi connectivity index (χ0v) is 14.0. The van der Waals surface area contributed by atoms with Crippen LogP contribution >= 0.6 is 0 Å². The Morgan fingerprint density at radius 2 is 1.72 bits per heavy atom. The average molecular weight is 378 g/mol. The highest BCUT2D eigenvalue weighted by molar-refractivity contribution is 7.85. The Balaban J connectivity index is 2.53. The summed E-state index contributed by atoms with van der Waals surface area (Å²) >= 11 is 0. The van der Waals surface area contributed by atoms with Crippen LogP contribution in [0, 0.1) is 0 Å². The number of rotatable bonds is 11. The van der Waals surface area contributed by atoms with Crippen LogP contribution in [0.25, 0.3) is 0 Å². The minimum Gasteiger partial charge on any atom is -0.481 e. The van der Waals surface area contributed by atoms with Gasteiger partial charge in [0, 0.05) is 25.2 Å². The molecular formula is C13H18N2O9S. The lowest BCUT2D eigenvalue weighted by molar-refractivity contribution is -0.146. The van der Waals surface area contributed by atoms with Crippen molar-refractivity contribution in [3.05, 3.63) is 12.2 Å². The molecule has 0 bridgehead atoms. The van der Waals surface area contributed by atoms with E-state index in [0.717, 1.165) is 22.0 Å². The van der Waals surface area contributed by atoms with E-state index in [0.29, 0.717) is 0 Å². The minimum absolute atomic E-state index is 0.0682. The monoisotopic (exact) mass is 378 g/mol. The highest BCUT2D eigenvalue weighted by Gasteiger charge is 2.27. The largest absolute Gasteiger partial charge is 0.481 e. The number of carboxylic acids is 1. The SMILES string of the molecule is O=C(O)CCN(CCOCCS(=O)(=O)O)C(=O)CN1C(=O)C=CC1=O. The number of hydrogen-bond acceptors (Lipinski definition) is 7. The summed E-state index contributed by atoms with van der Waals surface area (Å²) < 4.78 is 34.6. The van der Waals surface area contributed by atoms with Gasteiger partial charge in [0.25, 0.3) is 21.9 Å². The van der Waals surface area contributed by atoms with Crippen molar-refractivity contribution in [2.24, 2.45) is 0 Å².